The first-order valence-corrected chi connectivity index (χ1v) is 7.37. The minimum Gasteiger partial charge on any atom is -0.493 e. The van der Waals surface area contributed by atoms with Crippen LogP contribution in [0.5, 0.6) is 5.75 Å². The van der Waals surface area contributed by atoms with E-state index in [4.69, 9.17) is 4.74 Å². The fraction of sp³-hybridized carbons (Fsp3) is 0.625. The molecule has 0 atom stereocenters. The van der Waals surface area contributed by atoms with Crippen molar-refractivity contribution in [3.05, 3.63) is 29.3 Å². The molecule has 0 unspecified atom stereocenters. The van der Waals surface area contributed by atoms with Crippen molar-refractivity contribution in [2.24, 2.45) is 5.92 Å². The van der Waals surface area contributed by atoms with Gasteiger partial charge in [-0.2, -0.15) is 0 Å². The predicted molar refractivity (Wildman–Crippen MR) is 74.2 cm³/mol. The Labute approximate surface area is 110 Å². The number of piperidine rings is 1. The molecule has 0 saturated carbocycles. The van der Waals surface area contributed by atoms with Gasteiger partial charge in [0, 0.05) is 0 Å². The largest absolute Gasteiger partial charge is 0.493 e. The maximum Gasteiger partial charge on any atom is 0.122 e. The average molecular weight is 245 g/mol. The van der Waals surface area contributed by atoms with Gasteiger partial charge in [0.1, 0.15) is 5.75 Å². The second-order valence-corrected chi connectivity index (χ2v) is 5.65. The fourth-order valence-corrected chi connectivity index (χ4v) is 3.11. The van der Waals surface area contributed by atoms with Crippen LogP contribution in [0.2, 0.25) is 0 Å². The molecule has 2 nitrogen and oxygen atoms in total. The standard InChI is InChI=1S/C16H23NO/c1-2-10-18-16-5-4-14(12-15(16)3-1)11-13-6-8-17-9-7-13/h4-5,12-13,17H,1-3,6-11H2. The number of ether oxygens (including phenoxy) is 1. The topological polar surface area (TPSA) is 21.3 Å². The number of benzene rings is 1. The van der Waals surface area contributed by atoms with Crippen LogP contribution in [0.15, 0.2) is 18.2 Å². The summed E-state index contributed by atoms with van der Waals surface area (Å²) in [5.74, 6) is 2.00. The molecule has 2 aliphatic rings. The molecule has 0 radical (unpaired) electrons. The van der Waals surface area contributed by atoms with Gasteiger partial charge >= 0.3 is 0 Å². The van der Waals surface area contributed by atoms with Crippen LogP contribution in [0.25, 0.3) is 0 Å². The number of hydrogen-bond donors (Lipinski definition) is 1. The highest BCUT2D eigenvalue weighted by atomic mass is 16.5. The molecule has 1 saturated heterocycles. The lowest BCUT2D eigenvalue weighted by Crippen LogP contribution is -2.28. The summed E-state index contributed by atoms with van der Waals surface area (Å²) in [7, 11) is 0. The fourth-order valence-electron chi connectivity index (χ4n) is 3.11. The zero-order chi connectivity index (χ0) is 12.2. The summed E-state index contributed by atoms with van der Waals surface area (Å²) < 4.78 is 5.78. The van der Waals surface area contributed by atoms with E-state index in [0.717, 1.165) is 18.3 Å². The summed E-state index contributed by atoms with van der Waals surface area (Å²) in [6.07, 6.45) is 7.55. The van der Waals surface area contributed by atoms with Gasteiger partial charge in [0.15, 0.2) is 0 Å². The Kier molecular flexibility index (Phi) is 3.84. The molecule has 2 heterocycles. The number of aryl methyl sites for hydroxylation is 1. The quantitative estimate of drug-likeness (QED) is 0.865. The molecule has 2 aliphatic heterocycles. The van der Waals surface area contributed by atoms with E-state index < -0.39 is 0 Å². The molecule has 0 aliphatic carbocycles. The lowest BCUT2D eigenvalue weighted by Gasteiger charge is -2.23. The first kappa shape index (κ1) is 12.0. The molecule has 0 aromatic heterocycles. The Morgan fingerprint density at radius 3 is 2.94 bits per heavy atom. The van der Waals surface area contributed by atoms with Crippen molar-refractivity contribution in [3.63, 3.8) is 0 Å². The normalized spacial score (nSPS) is 20.9. The minimum atomic E-state index is 0.871. The van der Waals surface area contributed by atoms with E-state index in [-0.39, 0.29) is 0 Å². The van der Waals surface area contributed by atoms with Crippen molar-refractivity contribution in [3.8, 4) is 5.75 Å². The Balaban J connectivity index is 1.70. The lowest BCUT2D eigenvalue weighted by atomic mass is 9.90. The van der Waals surface area contributed by atoms with Gasteiger partial charge in [0.2, 0.25) is 0 Å². The van der Waals surface area contributed by atoms with Crippen molar-refractivity contribution in [2.45, 2.75) is 38.5 Å². The monoisotopic (exact) mass is 245 g/mol. The second-order valence-electron chi connectivity index (χ2n) is 5.65. The molecule has 18 heavy (non-hydrogen) atoms. The molecule has 0 bridgehead atoms. The van der Waals surface area contributed by atoms with Crippen molar-refractivity contribution in [1.82, 2.24) is 5.32 Å². The molecule has 0 amide bonds. The van der Waals surface area contributed by atoms with Crippen molar-refractivity contribution < 1.29 is 4.74 Å². The van der Waals surface area contributed by atoms with Crippen LogP contribution in [-0.4, -0.2) is 19.7 Å². The number of nitrogens with one attached hydrogen (secondary N) is 1. The molecule has 1 aromatic carbocycles. The summed E-state index contributed by atoms with van der Waals surface area (Å²) in [4.78, 5) is 0. The van der Waals surface area contributed by atoms with Gasteiger partial charge in [-0.1, -0.05) is 12.1 Å². The molecule has 2 heteroatoms. The van der Waals surface area contributed by atoms with E-state index in [1.165, 1.54) is 62.7 Å². The smallest absolute Gasteiger partial charge is 0.122 e. The second kappa shape index (κ2) is 5.75. The van der Waals surface area contributed by atoms with Crippen molar-refractivity contribution in [1.29, 1.82) is 0 Å². The van der Waals surface area contributed by atoms with Gasteiger partial charge in [0.25, 0.3) is 0 Å². The zero-order valence-electron chi connectivity index (χ0n) is 11.1. The molecular weight excluding hydrogens is 222 g/mol. The molecule has 1 N–H and O–H groups in total. The van der Waals surface area contributed by atoms with E-state index in [1.807, 2.05) is 0 Å². The maximum absolute atomic E-state index is 5.78. The Hall–Kier alpha value is -1.02. The van der Waals surface area contributed by atoms with Crippen LogP contribution < -0.4 is 10.1 Å². The summed E-state index contributed by atoms with van der Waals surface area (Å²) in [5, 5.41) is 3.44. The van der Waals surface area contributed by atoms with Gasteiger partial charge < -0.3 is 10.1 Å². The van der Waals surface area contributed by atoms with Crippen LogP contribution in [-0.2, 0) is 12.8 Å². The van der Waals surface area contributed by atoms with E-state index in [2.05, 4.69) is 23.5 Å². The Morgan fingerprint density at radius 2 is 2.06 bits per heavy atom. The Bertz CT molecular complexity index is 396. The van der Waals surface area contributed by atoms with Crippen LogP contribution in [0, 0.1) is 5.92 Å². The number of hydrogen-bond acceptors (Lipinski definition) is 2. The first-order chi connectivity index (χ1) is 8.92. The molecule has 1 aromatic rings. The van der Waals surface area contributed by atoms with Crippen LogP contribution >= 0.6 is 0 Å². The van der Waals surface area contributed by atoms with Gasteiger partial charge in [0.05, 0.1) is 6.61 Å². The third-order valence-electron chi connectivity index (χ3n) is 4.21. The van der Waals surface area contributed by atoms with E-state index in [0.29, 0.717) is 0 Å². The average Bonchev–Trinajstić information content (AvgIpc) is 2.64. The van der Waals surface area contributed by atoms with Crippen molar-refractivity contribution in [2.75, 3.05) is 19.7 Å². The van der Waals surface area contributed by atoms with Crippen LogP contribution in [0.1, 0.15) is 36.8 Å². The SMILES string of the molecule is c1cc2c(cc1CC1CCNCC1)CCCCO2. The Morgan fingerprint density at radius 1 is 1.17 bits per heavy atom. The third-order valence-corrected chi connectivity index (χ3v) is 4.21. The lowest BCUT2D eigenvalue weighted by molar-refractivity contribution is 0.316. The highest BCUT2D eigenvalue weighted by Crippen LogP contribution is 2.27. The highest BCUT2D eigenvalue weighted by Gasteiger charge is 2.15. The minimum absolute atomic E-state index is 0.871. The summed E-state index contributed by atoms with van der Waals surface area (Å²) in [6.45, 7) is 3.28. The zero-order valence-corrected chi connectivity index (χ0v) is 11.1. The predicted octanol–water partition coefficient (Wildman–Crippen LogP) is 2.94. The van der Waals surface area contributed by atoms with Crippen LogP contribution in [0.4, 0.5) is 0 Å². The van der Waals surface area contributed by atoms with Gasteiger partial charge in [-0.15, -0.1) is 0 Å². The maximum atomic E-state index is 5.78. The van der Waals surface area contributed by atoms with Gasteiger partial charge in [-0.3, -0.25) is 0 Å². The molecule has 98 valence electrons. The summed E-state index contributed by atoms with van der Waals surface area (Å²) >= 11 is 0. The number of fused-ring (bicyclic) bond motifs is 1. The van der Waals surface area contributed by atoms with Gasteiger partial charge in [-0.25, -0.2) is 0 Å². The first-order valence-electron chi connectivity index (χ1n) is 7.37. The highest BCUT2D eigenvalue weighted by molar-refractivity contribution is 5.38. The summed E-state index contributed by atoms with van der Waals surface area (Å²) in [5.41, 5.74) is 2.94. The molecular formula is C16H23NO. The van der Waals surface area contributed by atoms with Crippen molar-refractivity contribution >= 4 is 0 Å². The number of rotatable bonds is 2. The van der Waals surface area contributed by atoms with Gasteiger partial charge in [-0.05, 0) is 74.7 Å². The molecule has 1 fully saturated rings. The van der Waals surface area contributed by atoms with Crippen LogP contribution in [0.3, 0.4) is 0 Å². The molecule has 3 rings (SSSR count). The van der Waals surface area contributed by atoms with E-state index in [1.54, 1.807) is 0 Å². The third kappa shape index (κ3) is 2.86. The molecule has 0 spiro atoms. The van der Waals surface area contributed by atoms with E-state index in [9.17, 15) is 0 Å². The summed E-state index contributed by atoms with van der Waals surface area (Å²) in [6, 6.07) is 6.85. The van der Waals surface area contributed by atoms with E-state index >= 15 is 0 Å².